The number of rotatable bonds is 8. The molecule has 1 atom stereocenters. The molecule has 0 bridgehead atoms. The van der Waals surface area contributed by atoms with Crippen LogP contribution in [0, 0.1) is 11.6 Å². The van der Waals surface area contributed by atoms with Gasteiger partial charge in [-0.2, -0.15) is 4.31 Å². The maximum Gasteiger partial charge on any atom is 0.322 e. The monoisotopic (exact) mass is 510 g/mol. The topological polar surface area (TPSA) is 106 Å². The van der Waals surface area contributed by atoms with Crippen LogP contribution in [0.25, 0.3) is 11.1 Å². The quantitative estimate of drug-likeness (QED) is 0.493. The van der Waals surface area contributed by atoms with Crippen molar-refractivity contribution in [3.8, 4) is 22.6 Å². The van der Waals surface area contributed by atoms with Gasteiger partial charge in [0.05, 0.1) is 25.1 Å². The van der Waals surface area contributed by atoms with Crippen LogP contribution in [0.15, 0.2) is 41.8 Å². The molecule has 2 aromatic carbocycles. The van der Waals surface area contributed by atoms with Gasteiger partial charge in [0.1, 0.15) is 29.2 Å². The van der Waals surface area contributed by atoms with Crippen molar-refractivity contribution in [1.29, 1.82) is 0 Å². The second-order valence-corrected chi connectivity index (χ2v) is 10.5. The van der Waals surface area contributed by atoms with E-state index in [0.717, 1.165) is 16.4 Å². The lowest BCUT2D eigenvalue weighted by atomic mass is 10.0. The molecule has 0 spiro atoms. The Hall–Kier alpha value is -3.09. The minimum atomic E-state index is -3.63. The highest BCUT2D eigenvalue weighted by atomic mass is 32.2. The Morgan fingerprint density at radius 1 is 1.24 bits per heavy atom. The van der Waals surface area contributed by atoms with Gasteiger partial charge >= 0.3 is 5.97 Å². The van der Waals surface area contributed by atoms with E-state index in [1.807, 2.05) is 0 Å². The average Bonchev–Trinajstić information content (AvgIpc) is 3.38. The zero-order chi connectivity index (χ0) is 24.5. The van der Waals surface area contributed by atoms with Gasteiger partial charge in [-0.05, 0) is 30.2 Å². The van der Waals surface area contributed by atoms with E-state index in [0.29, 0.717) is 27.6 Å². The predicted molar refractivity (Wildman–Crippen MR) is 120 cm³/mol. The zero-order valence-electron chi connectivity index (χ0n) is 17.9. The maximum absolute atomic E-state index is 13.7. The molecular formula is C22H20F2N2O6S2. The summed E-state index contributed by atoms with van der Waals surface area (Å²) >= 11 is 1.27. The molecule has 1 aliphatic heterocycles. The van der Waals surface area contributed by atoms with Gasteiger partial charge in [-0.3, -0.25) is 4.79 Å². The number of sulfonamides is 1. The van der Waals surface area contributed by atoms with Crippen LogP contribution in [-0.2, 0) is 28.0 Å². The number of methoxy groups -OCH3 is 1. The number of aromatic nitrogens is 1. The number of hydrogen-bond acceptors (Lipinski definition) is 7. The minimum absolute atomic E-state index is 0.0458. The Bertz CT molecular complexity index is 1310. The molecule has 1 N–H and O–H groups in total. The van der Waals surface area contributed by atoms with Crippen molar-refractivity contribution in [2.45, 2.75) is 25.6 Å². The molecule has 0 aliphatic carbocycles. The largest absolute Gasteiger partial charge is 0.496 e. The summed E-state index contributed by atoms with van der Waals surface area (Å²) in [4.78, 5) is 15.7. The summed E-state index contributed by atoms with van der Waals surface area (Å²) in [7, 11) is -2.26. The number of benzene rings is 2. The third kappa shape index (κ3) is 5.03. The molecule has 0 radical (unpaired) electrons. The van der Waals surface area contributed by atoms with Crippen molar-refractivity contribution in [3.05, 3.63) is 64.1 Å². The first-order valence-corrected chi connectivity index (χ1v) is 12.6. The molecule has 1 aromatic heterocycles. The minimum Gasteiger partial charge on any atom is -0.496 e. The lowest BCUT2D eigenvalue weighted by Crippen LogP contribution is -2.38. The number of hydrogen-bond donors (Lipinski definition) is 1. The van der Waals surface area contributed by atoms with Gasteiger partial charge in [0, 0.05) is 17.0 Å². The van der Waals surface area contributed by atoms with E-state index in [9.17, 15) is 27.1 Å². The number of aliphatic carboxylic acids is 1. The number of carbonyl (C=O) groups is 1. The van der Waals surface area contributed by atoms with Crippen LogP contribution in [0.4, 0.5) is 8.78 Å². The van der Waals surface area contributed by atoms with Crippen molar-refractivity contribution in [2.24, 2.45) is 0 Å². The lowest BCUT2D eigenvalue weighted by molar-refractivity contribution is -0.141. The first kappa shape index (κ1) is 24.0. The van der Waals surface area contributed by atoms with Crippen molar-refractivity contribution in [1.82, 2.24) is 9.29 Å². The molecule has 4 rings (SSSR count). The third-order valence-electron chi connectivity index (χ3n) is 5.33. The van der Waals surface area contributed by atoms with Crippen LogP contribution >= 0.6 is 11.3 Å². The molecule has 1 aliphatic rings. The fraction of sp³-hybridized carbons (Fsp3) is 0.273. The molecule has 0 saturated carbocycles. The molecule has 3 aromatic rings. The third-order valence-corrected chi connectivity index (χ3v) is 8.05. The predicted octanol–water partition coefficient (Wildman–Crippen LogP) is 3.66. The first-order valence-electron chi connectivity index (χ1n) is 10.1. The smallest absolute Gasteiger partial charge is 0.322 e. The van der Waals surface area contributed by atoms with Crippen molar-refractivity contribution in [2.75, 3.05) is 12.9 Å². The molecular weight excluding hydrogens is 490 g/mol. The second kappa shape index (κ2) is 9.65. The highest BCUT2D eigenvalue weighted by Crippen LogP contribution is 2.33. The summed E-state index contributed by atoms with van der Waals surface area (Å²) in [5.41, 5.74) is 1.45. The summed E-state index contributed by atoms with van der Waals surface area (Å²) in [6, 6.07) is 7.66. The Labute approximate surface area is 198 Å². The molecule has 1 unspecified atom stereocenters. The first-order chi connectivity index (χ1) is 16.2. The van der Waals surface area contributed by atoms with E-state index in [-0.39, 0.29) is 31.1 Å². The number of nitrogens with zero attached hydrogens (tertiary/aromatic N) is 2. The van der Waals surface area contributed by atoms with Gasteiger partial charge < -0.3 is 14.6 Å². The molecule has 1 saturated heterocycles. The lowest BCUT2D eigenvalue weighted by Gasteiger charge is -2.18. The van der Waals surface area contributed by atoms with Crippen molar-refractivity contribution >= 4 is 27.3 Å². The highest BCUT2D eigenvalue weighted by Gasteiger charge is 2.41. The molecule has 0 amide bonds. The van der Waals surface area contributed by atoms with Gasteiger partial charge in [0.25, 0.3) is 0 Å². The molecule has 34 heavy (non-hydrogen) atoms. The number of thiazole rings is 1. The molecule has 180 valence electrons. The van der Waals surface area contributed by atoms with Crippen LogP contribution < -0.4 is 9.47 Å². The number of halogens is 2. The Morgan fingerprint density at radius 2 is 1.94 bits per heavy atom. The fourth-order valence-electron chi connectivity index (χ4n) is 3.62. The Balaban J connectivity index is 1.41. The number of ether oxygens (including phenoxy) is 2. The highest BCUT2D eigenvalue weighted by molar-refractivity contribution is 7.89. The van der Waals surface area contributed by atoms with Crippen LogP contribution in [0.1, 0.15) is 17.1 Å². The Morgan fingerprint density at radius 3 is 2.62 bits per heavy atom. The summed E-state index contributed by atoms with van der Waals surface area (Å²) < 4.78 is 63.3. The van der Waals surface area contributed by atoms with Gasteiger partial charge in [0.15, 0.2) is 11.6 Å². The van der Waals surface area contributed by atoms with Gasteiger partial charge in [-0.15, -0.1) is 11.3 Å². The van der Waals surface area contributed by atoms with Gasteiger partial charge in [-0.1, -0.05) is 12.1 Å². The standard InChI is InChI=1S/C22H20F2N2O6S2/c1-31-20-9-18(24)17(23)8-16(20)13-2-4-15(5-3-13)32-11-21-25-14(12-33-21)10-26-19(22(27)28)6-7-34(26,29)30/h2-5,8-9,12,19H,6-7,10-11H2,1H3,(H,27,28). The zero-order valence-corrected chi connectivity index (χ0v) is 19.5. The number of carboxylic acids is 1. The fourth-order valence-corrected chi connectivity index (χ4v) is 5.98. The molecule has 12 heteroatoms. The normalized spacial score (nSPS) is 17.6. The van der Waals surface area contributed by atoms with Gasteiger partial charge in [-0.25, -0.2) is 22.2 Å². The van der Waals surface area contributed by atoms with E-state index in [2.05, 4.69) is 4.98 Å². The summed E-state index contributed by atoms with van der Waals surface area (Å²) in [5.74, 6) is -2.64. The maximum atomic E-state index is 13.7. The van der Waals surface area contributed by atoms with E-state index in [1.165, 1.54) is 18.4 Å². The van der Waals surface area contributed by atoms with Crippen molar-refractivity contribution < 1.29 is 36.6 Å². The number of carboxylic acid groups (broad SMARTS) is 1. The van der Waals surface area contributed by atoms with E-state index < -0.39 is 33.7 Å². The van der Waals surface area contributed by atoms with Gasteiger partial charge in [0.2, 0.25) is 10.0 Å². The molecule has 2 heterocycles. The summed E-state index contributed by atoms with van der Waals surface area (Å²) in [5, 5.41) is 11.5. The molecule has 1 fully saturated rings. The van der Waals surface area contributed by atoms with Crippen LogP contribution in [0.5, 0.6) is 11.5 Å². The average molecular weight is 511 g/mol. The van der Waals surface area contributed by atoms with Crippen LogP contribution in [0.2, 0.25) is 0 Å². The SMILES string of the molecule is COc1cc(F)c(F)cc1-c1ccc(OCc2nc(CN3C(C(=O)O)CCS3(=O)=O)cs2)cc1. The van der Waals surface area contributed by atoms with E-state index >= 15 is 0 Å². The second-order valence-electron chi connectivity index (χ2n) is 7.52. The summed E-state index contributed by atoms with van der Waals surface area (Å²) in [6.07, 6.45) is 0.0458. The van der Waals surface area contributed by atoms with Crippen LogP contribution in [-0.4, -0.2) is 47.7 Å². The van der Waals surface area contributed by atoms with Crippen molar-refractivity contribution in [3.63, 3.8) is 0 Å². The van der Waals surface area contributed by atoms with E-state index in [4.69, 9.17) is 9.47 Å². The van der Waals surface area contributed by atoms with Crippen LogP contribution in [0.3, 0.4) is 0 Å². The van der Waals surface area contributed by atoms with E-state index in [1.54, 1.807) is 29.6 Å². The summed E-state index contributed by atoms with van der Waals surface area (Å²) in [6.45, 7) is 0.00811. The Kier molecular flexibility index (Phi) is 6.82. The molecule has 8 nitrogen and oxygen atoms in total.